The van der Waals surface area contributed by atoms with E-state index in [0.717, 1.165) is 31.9 Å². The summed E-state index contributed by atoms with van der Waals surface area (Å²) in [6, 6.07) is 7.98. The summed E-state index contributed by atoms with van der Waals surface area (Å²) in [6.07, 6.45) is 0. The number of aromatic nitrogens is 1. The number of fused-ring (bicyclic) bond motifs is 1. The van der Waals surface area contributed by atoms with Gasteiger partial charge < -0.3 is 5.11 Å². The molecule has 0 saturated heterocycles. The second-order valence-electron chi connectivity index (χ2n) is 4.65. The van der Waals surface area contributed by atoms with Crippen LogP contribution in [0.3, 0.4) is 0 Å². The minimum absolute atomic E-state index is 0.241. The normalized spacial score (nSPS) is 10.7. The summed E-state index contributed by atoms with van der Waals surface area (Å²) in [5, 5.41) is 20.1. The van der Waals surface area contributed by atoms with Gasteiger partial charge in [-0.25, -0.2) is 9.78 Å². The van der Waals surface area contributed by atoms with Crippen LogP contribution < -0.4 is 0 Å². The molecule has 21 heavy (non-hydrogen) atoms. The Kier molecular flexibility index (Phi) is 3.24. The Morgan fingerprint density at radius 2 is 2.05 bits per heavy atom. The molecule has 2 aromatic heterocycles. The van der Waals surface area contributed by atoms with Crippen molar-refractivity contribution in [2.75, 3.05) is 0 Å². The van der Waals surface area contributed by atoms with Crippen LogP contribution in [0.15, 0.2) is 18.2 Å². The number of hydrogen-bond acceptors (Lipinski definition) is 5. The van der Waals surface area contributed by atoms with Crippen LogP contribution in [0.4, 0.5) is 0 Å². The van der Waals surface area contributed by atoms with Crippen molar-refractivity contribution in [3.63, 3.8) is 0 Å². The van der Waals surface area contributed by atoms with E-state index < -0.39 is 5.97 Å². The number of carbonyl (C=O) groups is 1. The van der Waals surface area contributed by atoms with Crippen LogP contribution in [-0.4, -0.2) is 16.1 Å². The molecule has 0 radical (unpaired) electrons. The van der Waals surface area contributed by atoms with Crippen LogP contribution >= 0.6 is 22.7 Å². The molecule has 0 unspecified atom stereocenters. The Balaban J connectivity index is 2.23. The number of nitrogens with zero attached hydrogens (tertiary/aromatic N) is 2. The molecule has 0 fully saturated rings. The van der Waals surface area contributed by atoms with Crippen molar-refractivity contribution < 1.29 is 9.90 Å². The van der Waals surface area contributed by atoms with Crippen LogP contribution in [0.2, 0.25) is 0 Å². The van der Waals surface area contributed by atoms with E-state index in [9.17, 15) is 10.1 Å². The standard InChI is InChI=1S/C15H10N2O2S2/c1-7-3-9-4-10(5-11(6-16)13(9)20-7)14-17-8(2)12(21-14)15(18)19/h3-5H,1-2H3,(H,18,19). The summed E-state index contributed by atoms with van der Waals surface area (Å²) in [6.45, 7) is 3.68. The second-order valence-corrected chi connectivity index (χ2v) is 6.91. The highest BCUT2D eigenvalue weighted by molar-refractivity contribution is 7.19. The molecule has 0 spiro atoms. The van der Waals surface area contributed by atoms with Gasteiger partial charge in [-0.1, -0.05) is 0 Å². The van der Waals surface area contributed by atoms with E-state index in [1.54, 1.807) is 24.3 Å². The van der Waals surface area contributed by atoms with Crippen molar-refractivity contribution in [2.45, 2.75) is 13.8 Å². The molecule has 0 atom stereocenters. The molecule has 6 heteroatoms. The number of thiophene rings is 1. The Morgan fingerprint density at radius 1 is 1.29 bits per heavy atom. The lowest BCUT2D eigenvalue weighted by molar-refractivity contribution is 0.0701. The van der Waals surface area contributed by atoms with Gasteiger partial charge >= 0.3 is 5.97 Å². The van der Waals surface area contributed by atoms with Gasteiger partial charge in [-0.3, -0.25) is 0 Å². The first-order valence-corrected chi connectivity index (χ1v) is 7.78. The van der Waals surface area contributed by atoms with Gasteiger partial charge in [0.1, 0.15) is 16.0 Å². The number of carboxylic acid groups (broad SMARTS) is 1. The lowest BCUT2D eigenvalue weighted by Gasteiger charge is -1.99. The highest BCUT2D eigenvalue weighted by Gasteiger charge is 2.16. The van der Waals surface area contributed by atoms with E-state index in [1.165, 1.54) is 0 Å². The fraction of sp³-hybridized carbons (Fsp3) is 0.133. The smallest absolute Gasteiger partial charge is 0.347 e. The summed E-state index contributed by atoms with van der Waals surface area (Å²) in [7, 11) is 0. The van der Waals surface area contributed by atoms with Crippen molar-refractivity contribution in [1.29, 1.82) is 5.26 Å². The van der Waals surface area contributed by atoms with E-state index in [1.807, 2.05) is 19.1 Å². The SMILES string of the molecule is Cc1cc2cc(-c3nc(C)c(C(=O)O)s3)cc(C#N)c2s1. The average molecular weight is 314 g/mol. The van der Waals surface area contributed by atoms with Crippen LogP contribution in [0.25, 0.3) is 20.7 Å². The predicted octanol–water partition coefficient (Wildman–Crippen LogP) is 4.21. The van der Waals surface area contributed by atoms with Crippen molar-refractivity contribution in [1.82, 2.24) is 4.98 Å². The molecule has 0 aliphatic carbocycles. The second kappa shape index (κ2) is 4.95. The van der Waals surface area contributed by atoms with Crippen LogP contribution in [0, 0.1) is 25.2 Å². The van der Waals surface area contributed by atoms with E-state index in [4.69, 9.17) is 5.11 Å². The fourth-order valence-corrected chi connectivity index (χ4v) is 4.06. The molecule has 0 bridgehead atoms. The molecule has 3 rings (SSSR count). The van der Waals surface area contributed by atoms with Gasteiger partial charge in [0, 0.05) is 10.4 Å². The highest BCUT2D eigenvalue weighted by Crippen LogP contribution is 2.35. The first kappa shape index (κ1) is 13.7. The van der Waals surface area contributed by atoms with Gasteiger partial charge in [0.25, 0.3) is 0 Å². The number of aryl methyl sites for hydroxylation is 2. The van der Waals surface area contributed by atoms with Crippen LogP contribution in [0.5, 0.6) is 0 Å². The van der Waals surface area contributed by atoms with E-state index >= 15 is 0 Å². The van der Waals surface area contributed by atoms with Crippen LogP contribution in [0.1, 0.15) is 25.8 Å². The zero-order valence-electron chi connectivity index (χ0n) is 11.3. The molecule has 104 valence electrons. The summed E-state index contributed by atoms with van der Waals surface area (Å²) >= 11 is 2.73. The zero-order chi connectivity index (χ0) is 15.1. The quantitative estimate of drug-likeness (QED) is 0.769. The Bertz CT molecular complexity index is 916. The predicted molar refractivity (Wildman–Crippen MR) is 84.1 cm³/mol. The lowest BCUT2D eigenvalue weighted by Crippen LogP contribution is -1.94. The largest absolute Gasteiger partial charge is 0.477 e. The molecular formula is C15H10N2O2S2. The maximum Gasteiger partial charge on any atom is 0.347 e. The van der Waals surface area contributed by atoms with Gasteiger partial charge in [0.2, 0.25) is 0 Å². The number of hydrogen-bond donors (Lipinski definition) is 1. The van der Waals surface area contributed by atoms with Crippen molar-refractivity contribution in [2.24, 2.45) is 0 Å². The zero-order valence-corrected chi connectivity index (χ0v) is 12.9. The summed E-state index contributed by atoms with van der Waals surface area (Å²) in [4.78, 5) is 16.8. The first-order chi connectivity index (χ1) is 9.99. The highest BCUT2D eigenvalue weighted by atomic mass is 32.1. The maximum absolute atomic E-state index is 11.1. The molecule has 4 nitrogen and oxygen atoms in total. The number of rotatable bonds is 2. The number of carboxylic acids is 1. The third kappa shape index (κ3) is 2.31. The monoisotopic (exact) mass is 314 g/mol. The van der Waals surface area contributed by atoms with Crippen molar-refractivity contribution in [3.05, 3.63) is 39.2 Å². The summed E-state index contributed by atoms with van der Waals surface area (Å²) in [5.74, 6) is -0.968. The van der Waals surface area contributed by atoms with Crippen LogP contribution in [-0.2, 0) is 0 Å². The van der Waals surface area contributed by atoms with E-state index in [-0.39, 0.29) is 4.88 Å². The number of nitriles is 1. The third-order valence-corrected chi connectivity index (χ3v) is 5.39. The van der Waals surface area contributed by atoms with Gasteiger partial charge in [0.05, 0.1) is 16.0 Å². The molecule has 0 saturated carbocycles. The third-order valence-electron chi connectivity index (χ3n) is 3.10. The number of benzene rings is 1. The molecule has 0 amide bonds. The number of aromatic carboxylic acids is 1. The minimum Gasteiger partial charge on any atom is -0.477 e. The lowest BCUT2D eigenvalue weighted by atomic mass is 10.1. The molecule has 0 aliphatic rings. The van der Waals surface area contributed by atoms with Crippen molar-refractivity contribution in [3.8, 4) is 16.6 Å². The topological polar surface area (TPSA) is 74.0 Å². The molecular weight excluding hydrogens is 304 g/mol. The number of thiazole rings is 1. The minimum atomic E-state index is -0.968. The molecule has 2 heterocycles. The first-order valence-electron chi connectivity index (χ1n) is 6.15. The summed E-state index contributed by atoms with van der Waals surface area (Å²) in [5.41, 5.74) is 1.89. The molecule has 1 N–H and O–H groups in total. The van der Waals surface area contributed by atoms with Gasteiger partial charge in [-0.15, -0.1) is 22.7 Å². The summed E-state index contributed by atoms with van der Waals surface area (Å²) < 4.78 is 0.963. The average Bonchev–Trinajstić information content (AvgIpc) is 2.99. The Morgan fingerprint density at radius 3 is 2.67 bits per heavy atom. The Labute approximate surface area is 128 Å². The maximum atomic E-state index is 11.1. The molecule has 0 aliphatic heterocycles. The fourth-order valence-electron chi connectivity index (χ4n) is 2.21. The Hall–Kier alpha value is -2.23. The molecule has 1 aromatic carbocycles. The van der Waals surface area contributed by atoms with E-state index in [0.29, 0.717) is 16.3 Å². The van der Waals surface area contributed by atoms with E-state index in [2.05, 4.69) is 11.1 Å². The van der Waals surface area contributed by atoms with Crippen molar-refractivity contribution >= 4 is 38.7 Å². The van der Waals surface area contributed by atoms with Gasteiger partial charge in [-0.2, -0.15) is 5.26 Å². The van der Waals surface area contributed by atoms with Gasteiger partial charge in [-0.05, 0) is 37.4 Å². The van der Waals surface area contributed by atoms with Gasteiger partial charge in [0.15, 0.2) is 0 Å². The molecule has 3 aromatic rings.